The highest BCUT2D eigenvalue weighted by Crippen LogP contribution is 2.06. The van der Waals surface area contributed by atoms with Gasteiger partial charge >= 0.3 is 5.97 Å². The SMILES string of the molecule is CC(O)(CNC(=O)CNC(=O)CN)CC(=O)O. The third-order valence-corrected chi connectivity index (χ3v) is 1.83. The fourth-order valence-electron chi connectivity index (χ4n) is 0.991. The van der Waals surface area contributed by atoms with Crippen molar-refractivity contribution < 1.29 is 24.6 Å². The minimum atomic E-state index is -1.53. The number of carbonyl (C=O) groups excluding carboxylic acids is 2. The summed E-state index contributed by atoms with van der Waals surface area (Å²) in [5.74, 6) is -2.17. The highest BCUT2D eigenvalue weighted by molar-refractivity contribution is 5.85. The maximum Gasteiger partial charge on any atom is 0.306 e. The predicted molar refractivity (Wildman–Crippen MR) is 58.0 cm³/mol. The van der Waals surface area contributed by atoms with Crippen molar-refractivity contribution in [1.29, 1.82) is 0 Å². The number of amides is 2. The number of carbonyl (C=O) groups is 3. The number of hydrogen-bond donors (Lipinski definition) is 5. The molecule has 8 nitrogen and oxygen atoms in total. The smallest absolute Gasteiger partial charge is 0.306 e. The Morgan fingerprint density at radius 1 is 1.24 bits per heavy atom. The first-order valence-corrected chi connectivity index (χ1v) is 4.94. The summed E-state index contributed by atoms with van der Waals surface area (Å²) in [6.07, 6.45) is -0.484. The van der Waals surface area contributed by atoms with Crippen LogP contribution in [0.2, 0.25) is 0 Å². The van der Waals surface area contributed by atoms with E-state index < -0.39 is 29.8 Å². The van der Waals surface area contributed by atoms with Crippen molar-refractivity contribution in [2.45, 2.75) is 18.9 Å². The van der Waals surface area contributed by atoms with Gasteiger partial charge in [-0.1, -0.05) is 0 Å². The van der Waals surface area contributed by atoms with Crippen LogP contribution in [0.1, 0.15) is 13.3 Å². The second-order valence-electron chi connectivity index (χ2n) is 3.83. The molecule has 0 bridgehead atoms. The molecule has 0 aromatic carbocycles. The molecular formula is C9H17N3O5. The number of hydrogen-bond acceptors (Lipinski definition) is 5. The van der Waals surface area contributed by atoms with Gasteiger partial charge in [0.15, 0.2) is 0 Å². The van der Waals surface area contributed by atoms with Gasteiger partial charge in [0.25, 0.3) is 0 Å². The summed E-state index contributed by atoms with van der Waals surface area (Å²) >= 11 is 0. The number of nitrogens with two attached hydrogens (primary N) is 1. The van der Waals surface area contributed by atoms with Gasteiger partial charge in [-0.2, -0.15) is 0 Å². The zero-order valence-electron chi connectivity index (χ0n) is 9.52. The fourth-order valence-corrected chi connectivity index (χ4v) is 0.991. The summed E-state index contributed by atoms with van der Waals surface area (Å²) in [5.41, 5.74) is 3.48. The molecule has 0 aromatic rings. The number of nitrogens with one attached hydrogen (secondary N) is 2. The van der Waals surface area contributed by atoms with Gasteiger partial charge in [0, 0.05) is 6.54 Å². The number of rotatable bonds is 7. The quantitative estimate of drug-likeness (QED) is 0.334. The Kier molecular flexibility index (Phi) is 6.15. The zero-order valence-corrected chi connectivity index (χ0v) is 9.52. The lowest BCUT2D eigenvalue weighted by Crippen LogP contribution is -2.46. The Morgan fingerprint density at radius 3 is 2.29 bits per heavy atom. The Bertz CT molecular complexity index is 303. The van der Waals surface area contributed by atoms with E-state index in [9.17, 15) is 19.5 Å². The molecule has 1 atom stereocenters. The van der Waals surface area contributed by atoms with E-state index in [1.54, 1.807) is 0 Å². The normalized spacial score (nSPS) is 13.6. The van der Waals surface area contributed by atoms with E-state index >= 15 is 0 Å². The maximum atomic E-state index is 11.2. The summed E-state index contributed by atoms with van der Waals surface area (Å²) in [6.45, 7) is 0.597. The standard InChI is InChI=1S/C9H17N3O5/c1-9(17,2-8(15)16)5-12-7(14)4-11-6(13)3-10/h17H,2-5,10H2,1H3,(H,11,13)(H,12,14)(H,15,16). The van der Waals surface area contributed by atoms with Crippen molar-refractivity contribution >= 4 is 17.8 Å². The van der Waals surface area contributed by atoms with Gasteiger partial charge in [0.1, 0.15) is 0 Å². The van der Waals surface area contributed by atoms with Gasteiger partial charge < -0.3 is 26.6 Å². The maximum absolute atomic E-state index is 11.2. The van der Waals surface area contributed by atoms with Gasteiger partial charge in [-0.05, 0) is 6.92 Å². The van der Waals surface area contributed by atoms with E-state index in [1.807, 2.05) is 0 Å². The molecule has 98 valence electrons. The Labute approximate surface area is 98.2 Å². The molecule has 1 unspecified atom stereocenters. The average molecular weight is 247 g/mol. The number of aliphatic carboxylic acids is 1. The first kappa shape index (κ1) is 15.3. The average Bonchev–Trinajstić information content (AvgIpc) is 2.21. The first-order chi connectivity index (χ1) is 7.76. The van der Waals surface area contributed by atoms with Crippen LogP contribution in [0.5, 0.6) is 0 Å². The molecule has 0 aromatic heterocycles. The molecule has 2 amide bonds. The second kappa shape index (κ2) is 6.81. The summed E-state index contributed by atoms with van der Waals surface area (Å²) < 4.78 is 0. The number of carboxylic acid groups (broad SMARTS) is 1. The third kappa shape index (κ3) is 8.17. The van der Waals surface area contributed by atoms with Gasteiger partial charge in [-0.25, -0.2) is 0 Å². The van der Waals surface area contributed by atoms with E-state index in [0.717, 1.165) is 0 Å². The lowest BCUT2D eigenvalue weighted by Gasteiger charge is -2.21. The van der Waals surface area contributed by atoms with E-state index in [4.69, 9.17) is 10.8 Å². The Morgan fingerprint density at radius 2 is 1.82 bits per heavy atom. The van der Waals surface area contributed by atoms with Crippen LogP contribution < -0.4 is 16.4 Å². The Hall–Kier alpha value is -1.67. The minimum Gasteiger partial charge on any atom is -0.481 e. The predicted octanol–water partition coefficient (Wildman–Crippen LogP) is -2.60. The molecule has 0 saturated heterocycles. The fraction of sp³-hybridized carbons (Fsp3) is 0.667. The largest absolute Gasteiger partial charge is 0.481 e. The molecule has 0 aliphatic rings. The molecule has 8 heteroatoms. The molecule has 0 heterocycles. The van der Waals surface area contributed by atoms with E-state index in [1.165, 1.54) is 6.92 Å². The molecule has 0 aliphatic heterocycles. The van der Waals surface area contributed by atoms with E-state index in [0.29, 0.717) is 0 Å². The van der Waals surface area contributed by atoms with Crippen LogP contribution in [0, 0.1) is 0 Å². The lowest BCUT2D eigenvalue weighted by atomic mass is 10.0. The van der Waals surface area contributed by atoms with Crippen molar-refractivity contribution in [3.8, 4) is 0 Å². The molecular weight excluding hydrogens is 230 g/mol. The molecule has 17 heavy (non-hydrogen) atoms. The summed E-state index contributed by atoms with van der Waals surface area (Å²) in [7, 11) is 0. The molecule has 0 rings (SSSR count). The van der Waals surface area contributed by atoms with Crippen LogP contribution in [0.25, 0.3) is 0 Å². The van der Waals surface area contributed by atoms with Crippen LogP contribution in [0.3, 0.4) is 0 Å². The van der Waals surface area contributed by atoms with E-state index in [2.05, 4.69) is 10.6 Å². The van der Waals surface area contributed by atoms with Gasteiger partial charge in [0.05, 0.1) is 25.1 Å². The van der Waals surface area contributed by atoms with E-state index in [-0.39, 0.29) is 19.6 Å². The molecule has 0 radical (unpaired) electrons. The summed E-state index contributed by atoms with van der Waals surface area (Å²) in [5, 5.41) is 22.6. The molecule has 0 aliphatic carbocycles. The summed E-state index contributed by atoms with van der Waals surface area (Å²) in [6, 6.07) is 0. The summed E-state index contributed by atoms with van der Waals surface area (Å²) in [4.78, 5) is 32.3. The van der Waals surface area contributed by atoms with Gasteiger partial charge in [-0.3, -0.25) is 14.4 Å². The van der Waals surface area contributed by atoms with Crippen LogP contribution >= 0.6 is 0 Å². The number of carboxylic acids is 1. The number of aliphatic hydroxyl groups is 1. The highest BCUT2D eigenvalue weighted by Gasteiger charge is 2.24. The minimum absolute atomic E-state index is 0.212. The van der Waals surface area contributed by atoms with Crippen molar-refractivity contribution in [2.75, 3.05) is 19.6 Å². The van der Waals surface area contributed by atoms with Crippen LogP contribution in [0.4, 0.5) is 0 Å². The van der Waals surface area contributed by atoms with Crippen LogP contribution in [-0.4, -0.2) is 53.2 Å². The monoisotopic (exact) mass is 247 g/mol. The molecule has 6 N–H and O–H groups in total. The zero-order chi connectivity index (χ0) is 13.5. The topological polar surface area (TPSA) is 142 Å². The van der Waals surface area contributed by atoms with Crippen LogP contribution in [-0.2, 0) is 14.4 Å². The van der Waals surface area contributed by atoms with Crippen LogP contribution in [0.15, 0.2) is 0 Å². The van der Waals surface area contributed by atoms with Crippen molar-refractivity contribution in [2.24, 2.45) is 5.73 Å². The molecule has 0 saturated carbocycles. The third-order valence-electron chi connectivity index (χ3n) is 1.83. The molecule has 0 fully saturated rings. The lowest BCUT2D eigenvalue weighted by molar-refractivity contribution is -0.142. The molecule has 0 spiro atoms. The van der Waals surface area contributed by atoms with Crippen molar-refractivity contribution in [3.63, 3.8) is 0 Å². The second-order valence-corrected chi connectivity index (χ2v) is 3.83. The highest BCUT2D eigenvalue weighted by atomic mass is 16.4. The first-order valence-electron chi connectivity index (χ1n) is 4.94. The Balaban J connectivity index is 3.90. The van der Waals surface area contributed by atoms with Crippen molar-refractivity contribution in [3.05, 3.63) is 0 Å². The van der Waals surface area contributed by atoms with Crippen molar-refractivity contribution in [1.82, 2.24) is 10.6 Å². The van der Waals surface area contributed by atoms with Gasteiger partial charge in [0.2, 0.25) is 11.8 Å². The van der Waals surface area contributed by atoms with Gasteiger partial charge in [-0.15, -0.1) is 0 Å².